The molecule has 0 amide bonds. The molecule has 0 rings (SSSR count). The van der Waals surface area contributed by atoms with E-state index in [1.807, 2.05) is 0 Å². The van der Waals surface area contributed by atoms with Crippen molar-refractivity contribution in [3.63, 3.8) is 0 Å². The molecule has 0 aliphatic heterocycles. The van der Waals surface area contributed by atoms with Crippen LogP contribution in [0.5, 0.6) is 0 Å². The Hall–Kier alpha value is -1.48. The zero-order valence-electron chi connectivity index (χ0n) is 5.40. The molecule has 54 valence electrons. The number of esters is 1. The number of nitrogens with zero attached hydrogens (tertiary/aromatic N) is 2. The Morgan fingerprint density at radius 1 is 1.70 bits per heavy atom. The molecule has 0 unspecified atom stereocenters. The minimum absolute atomic E-state index is 0.376. The first kappa shape index (κ1) is 8.52. The highest BCUT2D eigenvalue weighted by atomic mass is 16.5. The van der Waals surface area contributed by atoms with E-state index in [4.69, 9.17) is 5.53 Å². The molecule has 0 aromatic heterocycles. The summed E-state index contributed by atoms with van der Waals surface area (Å²) in [5, 5.41) is 0. The maximum Gasteiger partial charge on any atom is 0.326 e. The van der Waals surface area contributed by atoms with Crippen LogP contribution in [-0.4, -0.2) is 29.4 Å². The van der Waals surface area contributed by atoms with Crippen LogP contribution in [-0.2, 0) is 14.3 Å². The van der Waals surface area contributed by atoms with Crippen molar-refractivity contribution in [3.05, 3.63) is 5.53 Å². The van der Waals surface area contributed by atoms with E-state index < -0.39 is 11.8 Å². The van der Waals surface area contributed by atoms with E-state index in [0.29, 0.717) is 6.21 Å². The number of Topliss-reactive ketones (excluding diaryl/α,β-unsaturated/α-hetero) is 1. The van der Waals surface area contributed by atoms with E-state index in [1.54, 1.807) is 0 Å². The van der Waals surface area contributed by atoms with Gasteiger partial charge in [0.2, 0.25) is 0 Å². The minimum Gasteiger partial charge on any atom is -0.457 e. The number of carbonyl (C=O) groups is 2. The number of rotatable bonds is 3. The first-order chi connectivity index (χ1) is 4.66. The Balaban J connectivity index is 3.60. The highest BCUT2D eigenvalue weighted by Gasteiger charge is 2.03. The van der Waals surface area contributed by atoms with E-state index in [0.717, 1.165) is 0 Å². The summed E-state index contributed by atoms with van der Waals surface area (Å²) in [7, 11) is 0. The highest BCUT2D eigenvalue weighted by molar-refractivity contribution is 6.26. The number of ether oxygens (including phenoxy) is 1. The average Bonchev–Trinajstić information content (AvgIpc) is 1.85. The number of hydrogen-bond acceptors (Lipinski definition) is 3. The summed E-state index contributed by atoms with van der Waals surface area (Å²) in [5.74, 6) is -1.10. The Labute approximate surface area is 57.2 Å². The summed E-state index contributed by atoms with van der Waals surface area (Å²) in [6.45, 7) is 0.808. The van der Waals surface area contributed by atoms with Gasteiger partial charge in [0.05, 0.1) is 0 Å². The Morgan fingerprint density at radius 2 is 2.30 bits per heavy atom. The van der Waals surface area contributed by atoms with Crippen LogP contribution in [0.4, 0.5) is 0 Å². The lowest BCUT2D eigenvalue weighted by Crippen LogP contribution is -2.12. The molecule has 0 heterocycles. The smallest absolute Gasteiger partial charge is 0.326 e. The van der Waals surface area contributed by atoms with Gasteiger partial charge in [0.1, 0.15) is 0 Å². The molecule has 0 aliphatic rings. The van der Waals surface area contributed by atoms with Crippen molar-refractivity contribution >= 4 is 18.0 Å². The molecule has 0 saturated heterocycles. The van der Waals surface area contributed by atoms with Crippen molar-refractivity contribution in [3.8, 4) is 0 Å². The molecular formula is C5H6N2O3. The van der Waals surface area contributed by atoms with E-state index in [9.17, 15) is 9.59 Å². The molecule has 0 aliphatic carbocycles. The first-order valence-electron chi connectivity index (χ1n) is 2.50. The predicted octanol–water partition coefficient (Wildman–Crippen LogP) is -0.581. The fourth-order valence-corrected chi connectivity index (χ4v) is 0.274. The number of hydrogen-bond donors (Lipinski definition) is 0. The van der Waals surface area contributed by atoms with E-state index in [-0.39, 0.29) is 6.61 Å². The monoisotopic (exact) mass is 142 g/mol. The lowest BCUT2D eigenvalue weighted by Gasteiger charge is -1.91. The third-order valence-corrected chi connectivity index (χ3v) is 0.619. The summed E-state index contributed by atoms with van der Waals surface area (Å²) in [5.41, 5.74) is 7.81. The summed E-state index contributed by atoms with van der Waals surface area (Å²) in [4.78, 5) is 22.9. The minimum atomic E-state index is -0.558. The van der Waals surface area contributed by atoms with Gasteiger partial charge >= 0.3 is 12.2 Å². The number of carbonyl (C=O) groups excluding carboxylic acids is 2. The molecule has 0 aromatic carbocycles. The molecule has 5 heteroatoms. The molecule has 0 spiro atoms. The van der Waals surface area contributed by atoms with Crippen LogP contribution in [0.25, 0.3) is 5.53 Å². The van der Waals surface area contributed by atoms with E-state index >= 15 is 0 Å². The summed E-state index contributed by atoms with van der Waals surface area (Å²) >= 11 is 0. The van der Waals surface area contributed by atoms with Crippen LogP contribution in [0.3, 0.4) is 0 Å². The van der Waals surface area contributed by atoms with Crippen LogP contribution >= 0.6 is 0 Å². The summed E-state index contributed by atoms with van der Waals surface area (Å²) in [6.07, 6.45) is 0.670. The molecule has 10 heavy (non-hydrogen) atoms. The predicted molar refractivity (Wildman–Crippen MR) is 31.3 cm³/mol. The maximum atomic E-state index is 10.4. The third kappa shape index (κ3) is 4.67. The highest BCUT2D eigenvalue weighted by Crippen LogP contribution is 1.74. The second-order valence-corrected chi connectivity index (χ2v) is 1.49. The molecule has 0 bridgehead atoms. The van der Waals surface area contributed by atoms with E-state index in [2.05, 4.69) is 9.53 Å². The Bertz CT molecular complexity index is 193. The van der Waals surface area contributed by atoms with Crippen LogP contribution in [0, 0.1) is 0 Å². The zero-order valence-corrected chi connectivity index (χ0v) is 5.40. The standard InChI is InChI=1S/C5H6N2O3/c1-4(8)10-3-5(9)2-7-6/h2H,3H2,1H3. The van der Waals surface area contributed by atoms with Crippen molar-refractivity contribution in [2.24, 2.45) is 0 Å². The third-order valence-electron chi connectivity index (χ3n) is 0.619. The summed E-state index contributed by atoms with van der Waals surface area (Å²) < 4.78 is 4.27. The molecule has 0 saturated carbocycles. The van der Waals surface area contributed by atoms with Crippen LogP contribution in [0.2, 0.25) is 0 Å². The van der Waals surface area contributed by atoms with Crippen molar-refractivity contribution in [1.29, 1.82) is 0 Å². The second-order valence-electron chi connectivity index (χ2n) is 1.49. The van der Waals surface area contributed by atoms with Gasteiger partial charge in [0.25, 0.3) is 5.78 Å². The first-order valence-corrected chi connectivity index (χ1v) is 2.50. The molecule has 0 fully saturated rings. The molecule has 5 nitrogen and oxygen atoms in total. The van der Waals surface area contributed by atoms with Crippen LogP contribution in [0.15, 0.2) is 0 Å². The maximum absolute atomic E-state index is 10.4. The van der Waals surface area contributed by atoms with Crippen molar-refractivity contribution in [2.75, 3.05) is 6.61 Å². The van der Waals surface area contributed by atoms with Crippen LogP contribution in [0.1, 0.15) is 6.92 Å². The van der Waals surface area contributed by atoms with Gasteiger partial charge in [0, 0.05) is 6.92 Å². The van der Waals surface area contributed by atoms with Gasteiger partial charge in [-0.25, -0.2) is 0 Å². The Morgan fingerprint density at radius 3 is 2.70 bits per heavy atom. The molecule has 0 aromatic rings. The van der Waals surface area contributed by atoms with Crippen molar-refractivity contribution < 1.29 is 19.1 Å². The average molecular weight is 142 g/mol. The lowest BCUT2D eigenvalue weighted by atomic mass is 10.5. The fraction of sp³-hybridized carbons (Fsp3) is 0.400. The van der Waals surface area contributed by atoms with Gasteiger partial charge in [-0.1, -0.05) is 0 Å². The quantitative estimate of drug-likeness (QED) is 0.229. The molecule has 0 N–H and O–H groups in total. The normalized spacial score (nSPS) is 7.70. The van der Waals surface area contributed by atoms with Crippen molar-refractivity contribution in [2.45, 2.75) is 6.92 Å². The summed E-state index contributed by atoms with van der Waals surface area (Å²) in [6, 6.07) is 0. The molecular weight excluding hydrogens is 136 g/mol. The Kier molecular flexibility index (Phi) is 3.75. The van der Waals surface area contributed by atoms with Crippen LogP contribution < -0.4 is 0 Å². The van der Waals surface area contributed by atoms with Gasteiger partial charge in [0.15, 0.2) is 6.61 Å². The molecule has 0 radical (unpaired) electrons. The molecule has 0 atom stereocenters. The zero-order chi connectivity index (χ0) is 7.98. The van der Waals surface area contributed by atoms with Gasteiger partial charge in [-0.3, -0.25) is 9.59 Å². The van der Waals surface area contributed by atoms with Gasteiger partial charge in [-0.15, -0.1) is 0 Å². The topological polar surface area (TPSA) is 79.8 Å². The van der Waals surface area contributed by atoms with Gasteiger partial charge < -0.3 is 10.3 Å². The SMILES string of the molecule is CC(=O)OCC(=O)C=[N+]=[N-]. The number of ketones is 1. The van der Waals surface area contributed by atoms with Crippen molar-refractivity contribution in [1.82, 2.24) is 0 Å². The van der Waals surface area contributed by atoms with Gasteiger partial charge in [-0.2, -0.15) is 4.79 Å². The second kappa shape index (κ2) is 4.40. The van der Waals surface area contributed by atoms with E-state index in [1.165, 1.54) is 6.92 Å². The largest absolute Gasteiger partial charge is 0.457 e. The fourth-order valence-electron chi connectivity index (χ4n) is 0.274. The van der Waals surface area contributed by atoms with Gasteiger partial charge in [-0.05, 0) is 0 Å². The lowest BCUT2D eigenvalue weighted by molar-refractivity contribution is -0.144.